The number of benzene rings is 1. The minimum Gasteiger partial charge on any atom is -0.482 e. The van der Waals surface area contributed by atoms with Crippen molar-refractivity contribution >= 4 is 5.91 Å². The molecule has 1 aliphatic rings. The van der Waals surface area contributed by atoms with Crippen LogP contribution in [0.4, 0.5) is 0 Å². The first-order valence-corrected chi connectivity index (χ1v) is 8.33. The Morgan fingerprint density at radius 3 is 2.81 bits per heavy atom. The third kappa shape index (κ3) is 3.06. The Morgan fingerprint density at radius 2 is 2.08 bits per heavy atom. The molecule has 134 valence electrons. The quantitative estimate of drug-likeness (QED) is 0.752. The molecule has 0 saturated carbocycles. The van der Waals surface area contributed by atoms with E-state index in [-0.39, 0.29) is 12.5 Å². The number of carbonyl (C=O) groups is 1. The Labute approximate surface area is 150 Å². The van der Waals surface area contributed by atoms with Crippen LogP contribution in [0.5, 0.6) is 5.75 Å². The highest BCUT2D eigenvalue weighted by molar-refractivity contribution is 5.98. The van der Waals surface area contributed by atoms with E-state index in [4.69, 9.17) is 4.74 Å². The minimum absolute atomic E-state index is 0.160. The number of ether oxygens (including phenoxy) is 1. The lowest BCUT2D eigenvalue weighted by molar-refractivity contribution is 0.0729. The van der Waals surface area contributed by atoms with Crippen LogP contribution in [0.25, 0.3) is 5.69 Å². The Morgan fingerprint density at radius 1 is 1.23 bits per heavy atom. The van der Waals surface area contributed by atoms with Gasteiger partial charge in [0.15, 0.2) is 5.75 Å². The van der Waals surface area contributed by atoms with Crippen molar-refractivity contribution in [3.05, 3.63) is 60.7 Å². The summed E-state index contributed by atoms with van der Waals surface area (Å²) in [5, 5.41) is 18.6. The van der Waals surface area contributed by atoms with Crippen LogP contribution in [0, 0.1) is 0 Å². The van der Waals surface area contributed by atoms with E-state index in [1.807, 2.05) is 18.2 Å². The number of aliphatic hydroxyl groups excluding tert-OH is 1. The van der Waals surface area contributed by atoms with E-state index in [2.05, 4.69) is 10.2 Å². The Kier molecular flexibility index (Phi) is 4.18. The zero-order valence-corrected chi connectivity index (χ0v) is 14.3. The number of hydrogen-bond donors (Lipinski definition) is 1. The van der Waals surface area contributed by atoms with Gasteiger partial charge in [0, 0.05) is 19.4 Å². The summed E-state index contributed by atoms with van der Waals surface area (Å²) in [5.74, 6) is 0.412. The average molecular weight is 353 g/mol. The molecule has 8 heteroatoms. The van der Waals surface area contributed by atoms with Gasteiger partial charge >= 0.3 is 0 Å². The van der Waals surface area contributed by atoms with Crippen LogP contribution in [0.1, 0.15) is 10.4 Å². The number of aliphatic hydroxyl groups is 1. The summed E-state index contributed by atoms with van der Waals surface area (Å²) in [4.78, 5) is 14.6. The van der Waals surface area contributed by atoms with E-state index in [1.54, 1.807) is 58.2 Å². The molecule has 1 aromatic carbocycles. The zero-order valence-electron chi connectivity index (χ0n) is 14.3. The highest BCUT2D eigenvalue weighted by Crippen LogP contribution is 2.22. The van der Waals surface area contributed by atoms with Gasteiger partial charge in [-0.15, -0.1) is 0 Å². The highest BCUT2D eigenvalue weighted by Gasteiger charge is 2.36. The van der Waals surface area contributed by atoms with Crippen molar-refractivity contribution in [2.24, 2.45) is 7.05 Å². The van der Waals surface area contributed by atoms with E-state index in [0.717, 1.165) is 0 Å². The number of carbonyl (C=O) groups excluding carboxylic acids is 1. The molecule has 0 spiro atoms. The summed E-state index contributed by atoms with van der Waals surface area (Å²) in [6, 6.07) is 9.09. The molecular formula is C18H19N5O3. The third-order valence-electron chi connectivity index (χ3n) is 4.38. The first-order chi connectivity index (χ1) is 12.6. The van der Waals surface area contributed by atoms with Crippen molar-refractivity contribution in [3.63, 3.8) is 0 Å². The molecule has 0 bridgehead atoms. The summed E-state index contributed by atoms with van der Waals surface area (Å²) in [6.45, 7) is 0.527. The van der Waals surface area contributed by atoms with E-state index in [1.165, 1.54) is 0 Å². The van der Waals surface area contributed by atoms with Crippen molar-refractivity contribution in [2.75, 3.05) is 13.1 Å². The number of aromatic nitrogens is 4. The van der Waals surface area contributed by atoms with Crippen LogP contribution < -0.4 is 4.74 Å². The van der Waals surface area contributed by atoms with Gasteiger partial charge in [0.05, 0.1) is 36.7 Å². The second kappa shape index (κ2) is 6.64. The topological polar surface area (TPSA) is 85.4 Å². The van der Waals surface area contributed by atoms with Crippen molar-refractivity contribution < 1.29 is 14.6 Å². The molecule has 8 nitrogen and oxygen atoms in total. The molecule has 0 aliphatic carbocycles. The number of aryl methyl sites for hydroxylation is 1. The Balaban J connectivity index is 1.53. The van der Waals surface area contributed by atoms with Gasteiger partial charge in [-0.3, -0.25) is 9.48 Å². The van der Waals surface area contributed by atoms with Gasteiger partial charge in [-0.05, 0) is 18.2 Å². The number of hydrogen-bond acceptors (Lipinski definition) is 5. The molecule has 2 aromatic heterocycles. The maximum Gasteiger partial charge on any atom is 0.256 e. The smallest absolute Gasteiger partial charge is 0.256 e. The van der Waals surface area contributed by atoms with Crippen LogP contribution >= 0.6 is 0 Å². The Bertz CT molecular complexity index is 905. The van der Waals surface area contributed by atoms with Crippen LogP contribution in [-0.4, -0.2) is 60.8 Å². The monoisotopic (exact) mass is 353 g/mol. The first kappa shape index (κ1) is 16.3. The van der Waals surface area contributed by atoms with Gasteiger partial charge in [0.1, 0.15) is 12.2 Å². The normalized spacial score (nSPS) is 19.7. The SMILES string of the molecule is Cn1cc(O[C@@H]2CN(C(=O)c3ccccc3-n3cccn3)C[C@H]2O)cn1. The van der Waals surface area contributed by atoms with Crippen molar-refractivity contribution in [2.45, 2.75) is 12.2 Å². The van der Waals surface area contributed by atoms with Crippen LogP contribution in [0.3, 0.4) is 0 Å². The molecule has 1 saturated heterocycles. The number of likely N-dealkylation sites (tertiary alicyclic amines) is 1. The number of amides is 1. The molecule has 2 atom stereocenters. The molecule has 0 unspecified atom stereocenters. The molecule has 0 radical (unpaired) electrons. The minimum atomic E-state index is -0.754. The van der Waals surface area contributed by atoms with Crippen molar-refractivity contribution in [3.8, 4) is 11.4 Å². The lowest BCUT2D eigenvalue weighted by atomic mass is 10.1. The van der Waals surface area contributed by atoms with E-state index in [9.17, 15) is 9.90 Å². The molecule has 1 amide bonds. The van der Waals surface area contributed by atoms with Crippen LogP contribution in [0.15, 0.2) is 55.1 Å². The average Bonchev–Trinajstić information content (AvgIpc) is 3.37. The molecule has 1 N–H and O–H groups in total. The van der Waals surface area contributed by atoms with Gasteiger partial charge in [0.25, 0.3) is 5.91 Å². The van der Waals surface area contributed by atoms with Gasteiger partial charge in [0.2, 0.25) is 0 Å². The van der Waals surface area contributed by atoms with Gasteiger partial charge in [-0.2, -0.15) is 10.2 Å². The van der Waals surface area contributed by atoms with Gasteiger partial charge in [-0.25, -0.2) is 4.68 Å². The highest BCUT2D eigenvalue weighted by atomic mass is 16.5. The second-order valence-electron chi connectivity index (χ2n) is 6.25. The fraction of sp³-hybridized carbons (Fsp3) is 0.278. The van der Waals surface area contributed by atoms with E-state index >= 15 is 0 Å². The summed E-state index contributed by atoms with van der Waals surface area (Å²) >= 11 is 0. The summed E-state index contributed by atoms with van der Waals surface area (Å²) in [7, 11) is 1.79. The lowest BCUT2D eigenvalue weighted by Crippen LogP contribution is -2.31. The van der Waals surface area contributed by atoms with E-state index < -0.39 is 12.2 Å². The summed E-state index contributed by atoms with van der Waals surface area (Å²) in [6.07, 6.45) is 5.53. The molecule has 3 aromatic rings. The molecule has 4 rings (SSSR count). The van der Waals surface area contributed by atoms with Crippen LogP contribution in [-0.2, 0) is 7.05 Å². The van der Waals surface area contributed by atoms with Gasteiger partial charge < -0.3 is 14.7 Å². The first-order valence-electron chi connectivity index (χ1n) is 8.33. The van der Waals surface area contributed by atoms with Gasteiger partial charge in [-0.1, -0.05) is 12.1 Å². The summed E-state index contributed by atoms with van der Waals surface area (Å²) < 4.78 is 9.06. The molecule has 26 heavy (non-hydrogen) atoms. The maximum atomic E-state index is 13.0. The van der Waals surface area contributed by atoms with Crippen molar-refractivity contribution in [1.29, 1.82) is 0 Å². The molecule has 1 fully saturated rings. The second-order valence-corrected chi connectivity index (χ2v) is 6.25. The van der Waals surface area contributed by atoms with E-state index in [0.29, 0.717) is 23.5 Å². The predicted octanol–water partition coefficient (Wildman–Crippen LogP) is 0.870. The number of para-hydroxylation sites is 1. The lowest BCUT2D eigenvalue weighted by Gasteiger charge is -2.18. The summed E-state index contributed by atoms with van der Waals surface area (Å²) in [5.41, 5.74) is 1.24. The predicted molar refractivity (Wildman–Crippen MR) is 93.1 cm³/mol. The Hall–Kier alpha value is -3.13. The number of nitrogens with zero attached hydrogens (tertiary/aromatic N) is 5. The number of β-amino-alcohol motifs (C(OH)–C–C–N with tert-alkyl or cyclic N) is 1. The van der Waals surface area contributed by atoms with Crippen LogP contribution in [0.2, 0.25) is 0 Å². The van der Waals surface area contributed by atoms with Crippen molar-refractivity contribution in [1.82, 2.24) is 24.5 Å². The third-order valence-corrected chi connectivity index (χ3v) is 4.38. The zero-order chi connectivity index (χ0) is 18.1. The molecular weight excluding hydrogens is 334 g/mol. The fourth-order valence-electron chi connectivity index (χ4n) is 3.11. The maximum absolute atomic E-state index is 13.0. The number of rotatable bonds is 4. The molecule has 1 aliphatic heterocycles. The largest absolute Gasteiger partial charge is 0.482 e. The standard InChI is InChI=1S/C18H19N5O3/c1-21-10-13(9-20-21)26-17-12-22(11-16(17)24)18(25)14-5-2-3-6-15(14)23-8-4-7-19-23/h2-10,16-17,24H,11-12H2,1H3/t16-,17-/m1/s1. The fourth-order valence-corrected chi connectivity index (χ4v) is 3.11. The molecule has 3 heterocycles.